The molecule has 1 N–H and O–H groups in total. The van der Waals surface area contributed by atoms with Crippen LogP contribution in [-0.4, -0.2) is 48.3 Å². The molecule has 1 rings (SSSR count). The van der Waals surface area contributed by atoms with Crippen LogP contribution in [0.15, 0.2) is 0 Å². The summed E-state index contributed by atoms with van der Waals surface area (Å²) in [6.45, 7) is 0.519. The number of hydrogen-bond acceptors (Lipinski definition) is 4. The van der Waals surface area contributed by atoms with Gasteiger partial charge in [0.25, 0.3) is 0 Å². The number of nitrogens with zero attached hydrogens (tertiary/aromatic N) is 3. The van der Waals surface area contributed by atoms with E-state index in [1.165, 1.54) is 0 Å². The summed E-state index contributed by atoms with van der Waals surface area (Å²) >= 11 is 0. The first-order chi connectivity index (χ1) is 5.52. The Morgan fingerprint density at radius 2 is 1.92 bits per heavy atom. The number of hydrazine groups is 1. The molecule has 0 aromatic heterocycles. The maximum absolute atomic E-state index is 10.8. The molecule has 0 unspecified atom stereocenters. The zero-order valence-electron chi connectivity index (χ0n) is 7.11. The van der Waals surface area contributed by atoms with Crippen LogP contribution in [0, 0.1) is 16.7 Å². The third-order valence-corrected chi connectivity index (χ3v) is 2.20. The lowest BCUT2D eigenvalue weighted by atomic mass is 9.91. The van der Waals surface area contributed by atoms with Gasteiger partial charge in [-0.25, -0.2) is 10.0 Å². The summed E-state index contributed by atoms with van der Waals surface area (Å²) in [5.41, 5.74) is -1.25. The molecule has 1 aliphatic heterocycles. The second-order valence-corrected chi connectivity index (χ2v) is 3.13. The minimum Gasteiger partial charge on any atom is -0.480 e. The van der Waals surface area contributed by atoms with Crippen molar-refractivity contribution in [3.63, 3.8) is 0 Å². The molecule has 5 nitrogen and oxygen atoms in total. The average Bonchev–Trinajstić information content (AvgIpc) is 2.29. The third kappa shape index (κ3) is 1.15. The highest BCUT2D eigenvalue weighted by atomic mass is 16.4. The van der Waals surface area contributed by atoms with Crippen molar-refractivity contribution in [2.75, 3.05) is 27.2 Å². The van der Waals surface area contributed by atoms with Gasteiger partial charge in [0, 0.05) is 27.2 Å². The van der Waals surface area contributed by atoms with E-state index in [0.717, 1.165) is 0 Å². The summed E-state index contributed by atoms with van der Waals surface area (Å²) in [6.07, 6.45) is 0. The SMILES string of the molecule is CN1CC(C#N)(C(=O)O)CN1C. The van der Waals surface area contributed by atoms with Crippen molar-refractivity contribution in [2.45, 2.75) is 0 Å². The highest BCUT2D eigenvalue weighted by Crippen LogP contribution is 2.26. The van der Waals surface area contributed by atoms with Gasteiger partial charge in [-0.2, -0.15) is 5.26 Å². The second kappa shape index (κ2) is 2.73. The van der Waals surface area contributed by atoms with Crippen molar-refractivity contribution >= 4 is 5.97 Å². The van der Waals surface area contributed by atoms with E-state index in [4.69, 9.17) is 10.4 Å². The van der Waals surface area contributed by atoms with Crippen LogP contribution < -0.4 is 0 Å². The zero-order valence-corrected chi connectivity index (χ0v) is 7.11. The summed E-state index contributed by atoms with van der Waals surface area (Å²) in [4.78, 5) is 10.8. The van der Waals surface area contributed by atoms with Gasteiger partial charge >= 0.3 is 5.97 Å². The number of hydrogen-bond donors (Lipinski definition) is 1. The van der Waals surface area contributed by atoms with Crippen molar-refractivity contribution in [3.05, 3.63) is 0 Å². The van der Waals surface area contributed by atoms with Crippen LogP contribution in [0.3, 0.4) is 0 Å². The molecular formula is C7H11N3O2. The number of nitriles is 1. The highest BCUT2D eigenvalue weighted by molar-refractivity contribution is 5.79. The van der Waals surface area contributed by atoms with E-state index in [-0.39, 0.29) is 13.1 Å². The molecule has 0 saturated carbocycles. The van der Waals surface area contributed by atoms with Gasteiger partial charge in [-0.15, -0.1) is 0 Å². The lowest BCUT2D eigenvalue weighted by Gasteiger charge is -2.16. The lowest BCUT2D eigenvalue weighted by Crippen LogP contribution is -2.34. The van der Waals surface area contributed by atoms with Gasteiger partial charge in [-0.05, 0) is 0 Å². The number of carbonyl (C=O) groups is 1. The van der Waals surface area contributed by atoms with Crippen LogP contribution in [0.2, 0.25) is 0 Å². The minimum absolute atomic E-state index is 0.259. The topological polar surface area (TPSA) is 67.6 Å². The summed E-state index contributed by atoms with van der Waals surface area (Å²) in [7, 11) is 3.53. The molecule has 5 heteroatoms. The molecule has 0 amide bonds. The molecule has 0 aromatic carbocycles. The van der Waals surface area contributed by atoms with Gasteiger partial charge < -0.3 is 5.11 Å². The van der Waals surface area contributed by atoms with E-state index in [0.29, 0.717) is 0 Å². The first kappa shape index (κ1) is 8.97. The van der Waals surface area contributed by atoms with E-state index < -0.39 is 11.4 Å². The van der Waals surface area contributed by atoms with Crippen molar-refractivity contribution in [3.8, 4) is 6.07 Å². The van der Waals surface area contributed by atoms with Gasteiger partial charge in [0.2, 0.25) is 0 Å². The summed E-state index contributed by atoms with van der Waals surface area (Å²) in [6, 6.07) is 1.85. The fourth-order valence-electron chi connectivity index (χ4n) is 1.33. The van der Waals surface area contributed by atoms with Gasteiger partial charge in [0.05, 0.1) is 6.07 Å². The number of aliphatic carboxylic acids is 1. The van der Waals surface area contributed by atoms with Crippen LogP contribution in [0.1, 0.15) is 0 Å². The first-order valence-electron chi connectivity index (χ1n) is 3.59. The highest BCUT2D eigenvalue weighted by Gasteiger charge is 2.47. The molecular weight excluding hydrogens is 158 g/mol. The predicted molar refractivity (Wildman–Crippen MR) is 40.9 cm³/mol. The molecule has 12 heavy (non-hydrogen) atoms. The molecule has 66 valence electrons. The Balaban J connectivity index is 2.88. The largest absolute Gasteiger partial charge is 0.480 e. The lowest BCUT2D eigenvalue weighted by molar-refractivity contribution is -0.144. The van der Waals surface area contributed by atoms with Crippen LogP contribution in [-0.2, 0) is 4.79 Å². The number of carboxylic acid groups (broad SMARTS) is 1. The van der Waals surface area contributed by atoms with Gasteiger partial charge in [-0.3, -0.25) is 4.79 Å². The Hall–Kier alpha value is -1.12. The molecule has 0 atom stereocenters. The zero-order chi connectivity index (χ0) is 9.35. The molecule has 0 aromatic rings. The van der Waals surface area contributed by atoms with Crippen LogP contribution in [0.5, 0.6) is 0 Å². The summed E-state index contributed by atoms with van der Waals surface area (Å²) < 4.78 is 0. The Morgan fingerprint density at radius 3 is 2.08 bits per heavy atom. The number of carboxylic acids is 1. The molecule has 1 aliphatic rings. The smallest absolute Gasteiger partial charge is 0.326 e. The van der Waals surface area contributed by atoms with Gasteiger partial charge in [0.1, 0.15) is 0 Å². The van der Waals surface area contributed by atoms with Crippen LogP contribution in [0.4, 0.5) is 0 Å². The minimum atomic E-state index is -1.25. The summed E-state index contributed by atoms with van der Waals surface area (Å²) in [5, 5.41) is 21.0. The Morgan fingerprint density at radius 1 is 1.50 bits per heavy atom. The molecule has 1 heterocycles. The maximum atomic E-state index is 10.8. The van der Waals surface area contributed by atoms with Crippen molar-refractivity contribution < 1.29 is 9.90 Å². The predicted octanol–water partition coefficient (Wildman–Crippen LogP) is -0.627. The molecule has 0 bridgehead atoms. The van der Waals surface area contributed by atoms with E-state index in [2.05, 4.69) is 0 Å². The maximum Gasteiger partial charge on any atom is 0.326 e. The van der Waals surface area contributed by atoms with Crippen molar-refractivity contribution in [2.24, 2.45) is 5.41 Å². The van der Waals surface area contributed by atoms with Gasteiger partial charge in [0.15, 0.2) is 5.41 Å². The molecule has 0 spiro atoms. The first-order valence-corrected chi connectivity index (χ1v) is 3.59. The van der Waals surface area contributed by atoms with Gasteiger partial charge in [-0.1, -0.05) is 0 Å². The molecule has 0 radical (unpaired) electrons. The quantitative estimate of drug-likeness (QED) is 0.566. The fourth-order valence-corrected chi connectivity index (χ4v) is 1.33. The Bertz CT molecular complexity index is 236. The van der Waals surface area contributed by atoms with E-state index >= 15 is 0 Å². The Labute approximate surface area is 70.8 Å². The van der Waals surface area contributed by atoms with Crippen molar-refractivity contribution in [1.82, 2.24) is 10.0 Å². The second-order valence-electron chi connectivity index (χ2n) is 3.13. The van der Waals surface area contributed by atoms with Crippen LogP contribution in [0.25, 0.3) is 0 Å². The normalized spacial score (nSPS) is 23.8. The summed E-state index contributed by atoms with van der Waals surface area (Å²) in [5.74, 6) is -1.04. The van der Waals surface area contributed by atoms with Crippen molar-refractivity contribution in [1.29, 1.82) is 5.26 Å². The molecule has 1 saturated heterocycles. The standard InChI is InChI=1S/C7H11N3O2/c1-9-4-7(3-8,6(11)12)5-10(9)2/h4-5H2,1-2H3,(H,11,12). The van der Waals surface area contributed by atoms with E-state index in [9.17, 15) is 4.79 Å². The average molecular weight is 169 g/mol. The third-order valence-electron chi connectivity index (χ3n) is 2.20. The molecule has 0 aliphatic carbocycles. The van der Waals surface area contributed by atoms with Crippen LogP contribution >= 0.6 is 0 Å². The molecule has 1 fully saturated rings. The number of rotatable bonds is 1. The van der Waals surface area contributed by atoms with E-state index in [1.807, 2.05) is 6.07 Å². The Kier molecular flexibility index (Phi) is 2.04. The fraction of sp³-hybridized carbons (Fsp3) is 0.714. The van der Waals surface area contributed by atoms with E-state index in [1.54, 1.807) is 24.1 Å². The monoisotopic (exact) mass is 169 g/mol.